The van der Waals surface area contributed by atoms with E-state index >= 15 is 0 Å². The van der Waals surface area contributed by atoms with E-state index in [0.29, 0.717) is 11.5 Å². The number of nitrogens with zero attached hydrogens (tertiary/aromatic N) is 1. The van der Waals surface area contributed by atoms with Gasteiger partial charge >= 0.3 is 0 Å². The average molecular weight is 320 g/mol. The van der Waals surface area contributed by atoms with Crippen molar-refractivity contribution in [2.75, 3.05) is 6.61 Å². The summed E-state index contributed by atoms with van der Waals surface area (Å²) in [7, 11) is 0. The Morgan fingerprint density at radius 1 is 1.32 bits per heavy atom. The largest absolute Gasteiger partial charge is 0.350 e. The highest BCUT2D eigenvalue weighted by molar-refractivity contribution is 7.12. The standard InChI is InChI=1S/C16H20N2O3S/c1-11-6-7-12(2)18(11)13-8-10-22-15(13)16(19)17-21-14-5-3-4-9-20-14/h6-8,10,14H,3-5,9H2,1-2H3,(H,17,19)/t14-/m1/s1. The van der Waals surface area contributed by atoms with Crippen LogP contribution in [0.2, 0.25) is 0 Å². The van der Waals surface area contributed by atoms with Crippen LogP contribution in [0.1, 0.15) is 40.3 Å². The lowest BCUT2D eigenvalue weighted by Crippen LogP contribution is -2.33. The Balaban J connectivity index is 1.72. The fourth-order valence-electron chi connectivity index (χ4n) is 2.67. The maximum absolute atomic E-state index is 12.4. The molecule has 1 N–H and O–H groups in total. The number of aryl methyl sites for hydroxylation is 2. The van der Waals surface area contributed by atoms with Gasteiger partial charge in [0.1, 0.15) is 4.88 Å². The van der Waals surface area contributed by atoms with E-state index in [9.17, 15) is 4.79 Å². The summed E-state index contributed by atoms with van der Waals surface area (Å²) < 4.78 is 7.52. The Hall–Kier alpha value is -1.63. The summed E-state index contributed by atoms with van der Waals surface area (Å²) >= 11 is 1.41. The van der Waals surface area contributed by atoms with Gasteiger partial charge < -0.3 is 9.30 Å². The Bertz CT molecular complexity index is 637. The summed E-state index contributed by atoms with van der Waals surface area (Å²) in [6.07, 6.45) is 2.59. The van der Waals surface area contributed by atoms with Gasteiger partial charge in [-0.15, -0.1) is 11.3 Å². The normalized spacial score (nSPS) is 18.4. The quantitative estimate of drug-likeness (QED) is 0.879. The topological polar surface area (TPSA) is 52.5 Å². The lowest BCUT2D eigenvalue weighted by atomic mass is 10.2. The Labute approximate surface area is 133 Å². The molecule has 0 bridgehead atoms. The number of aromatic nitrogens is 1. The van der Waals surface area contributed by atoms with Crippen LogP contribution in [0, 0.1) is 13.8 Å². The van der Waals surface area contributed by atoms with Gasteiger partial charge in [-0.25, -0.2) is 10.3 Å². The number of nitrogens with one attached hydrogen (secondary N) is 1. The van der Waals surface area contributed by atoms with Gasteiger partial charge in [0.15, 0.2) is 6.29 Å². The molecule has 0 aromatic carbocycles. The van der Waals surface area contributed by atoms with Gasteiger partial charge in [0.05, 0.1) is 5.69 Å². The molecule has 1 saturated heterocycles. The fraction of sp³-hybridized carbons (Fsp3) is 0.438. The Kier molecular flexibility index (Phi) is 4.61. The van der Waals surface area contributed by atoms with Crippen LogP contribution in [-0.4, -0.2) is 23.4 Å². The average Bonchev–Trinajstić information content (AvgIpc) is 3.12. The molecule has 1 aliphatic rings. The van der Waals surface area contributed by atoms with E-state index in [0.717, 1.165) is 36.3 Å². The van der Waals surface area contributed by atoms with Gasteiger partial charge in [-0.2, -0.15) is 0 Å². The predicted molar refractivity (Wildman–Crippen MR) is 85.3 cm³/mol. The molecule has 0 saturated carbocycles. The fourth-order valence-corrected chi connectivity index (χ4v) is 3.43. The van der Waals surface area contributed by atoms with Gasteiger partial charge in [-0.05, 0) is 50.3 Å². The van der Waals surface area contributed by atoms with Crippen molar-refractivity contribution in [3.63, 3.8) is 0 Å². The molecule has 2 aromatic rings. The first-order chi connectivity index (χ1) is 10.7. The van der Waals surface area contributed by atoms with E-state index in [1.54, 1.807) is 0 Å². The molecule has 22 heavy (non-hydrogen) atoms. The summed E-state index contributed by atoms with van der Waals surface area (Å²) in [5.41, 5.74) is 5.61. The highest BCUT2D eigenvalue weighted by atomic mass is 32.1. The molecular formula is C16H20N2O3S. The van der Waals surface area contributed by atoms with Crippen molar-refractivity contribution in [3.05, 3.63) is 39.8 Å². The van der Waals surface area contributed by atoms with Gasteiger partial charge in [0.2, 0.25) is 0 Å². The summed E-state index contributed by atoms with van der Waals surface area (Å²) in [6.45, 7) is 4.74. The number of thiophene rings is 1. The van der Waals surface area contributed by atoms with Crippen LogP contribution in [0.25, 0.3) is 5.69 Å². The van der Waals surface area contributed by atoms with E-state index < -0.39 is 0 Å². The molecule has 0 spiro atoms. The molecule has 0 aliphatic carbocycles. The number of rotatable bonds is 4. The van der Waals surface area contributed by atoms with E-state index in [2.05, 4.69) is 10.0 Å². The second kappa shape index (κ2) is 6.64. The van der Waals surface area contributed by atoms with Crippen molar-refractivity contribution in [1.82, 2.24) is 10.0 Å². The van der Waals surface area contributed by atoms with E-state index in [1.807, 2.05) is 37.4 Å². The molecule has 1 fully saturated rings. The Morgan fingerprint density at radius 3 is 2.77 bits per heavy atom. The molecule has 0 radical (unpaired) electrons. The van der Waals surface area contributed by atoms with Crippen LogP contribution in [0.5, 0.6) is 0 Å². The number of hydrogen-bond acceptors (Lipinski definition) is 4. The highest BCUT2D eigenvalue weighted by Gasteiger charge is 2.20. The molecule has 3 heterocycles. The summed E-state index contributed by atoms with van der Waals surface area (Å²) in [4.78, 5) is 18.4. The molecule has 1 atom stereocenters. The highest BCUT2D eigenvalue weighted by Crippen LogP contribution is 2.25. The second-order valence-corrected chi connectivity index (χ2v) is 6.35. The van der Waals surface area contributed by atoms with Gasteiger partial charge in [0.25, 0.3) is 5.91 Å². The van der Waals surface area contributed by atoms with Crippen molar-refractivity contribution in [2.45, 2.75) is 39.4 Å². The van der Waals surface area contributed by atoms with Gasteiger partial charge in [0, 0.05) is 24.4 Å². The van der Waals surface area contributed by atoms with Crippen LogP contribution in [-0.2, 0) is 9.57 Å². The first-order valence-electron chi connectivity index (χ1n) is 7.47. The molecule has 0 unspecified atom stereocenters. The number of hydrogen-bond donors (Lipinski definition) is 1. The molecule has 2 aromatic heterocycles. The predicted octanol–water partition coefficient (Wildman–Crippen LogP) is 3.34. The van der Waals surface area contributed by atoms with Crippen molar-refractivity contribution < 1.29 is 14.4 Å². The molecule has 1 aliphatic heterocycles. The smallest absolute Gasteiger partial charge is 0.287 e. The first kappa shape index (κ1) is 15.3. The maximum Gasteiger partial charge on any atom is 0.287 e. The monoisotopic (exact) mass is 320 g/mol. The van der Waals surface area contributed by atoms with Crippen LogP contribution < -0.4 is 5.48 Å². The molecule has 118 valence electrons. The summed E-state index contributed by atoms with van der Waals surface area (Å²) in [5.74, 6) is -0.230. The van der Waals surface area contributed by atoms with E-state index in [-0.39, 0.29) is 12.2 Å². The third kappa shape index (κ3) is 3.09. The first-order valence-corrected chi connectivity index (χ1v) is 8.35. The molecular weight excluding hydrogens is 300 g/mol. The number of carbonyl (C=O) groups is 1. The molecule has 3 rings (SSSR count). The zero-order valence-corrected chi connectivity index (χ0v) is 13.6. The number of carbonyl (C=O) groups excluding carboxylic acids is 1. The van der Waals surface area contributed by atoms with Crippen molar-refractivity contribution in [1.29, 1.82) is 0 Å². The van der Waals surface area contributed by atoms with Crippen molar-refractivity contribution in [3.8, 4) is 5.69 Å². The van der Waals surface area contributed by atoms with E-state index in [4.69, 9.17) is 9.57 Å². The van der Waals surface area contributed by atoms with Crippen LogP contribution >= 0.6 is 11.3 Å². The molecule has 5 nitrogen and oxygen atoms in total. The van der Waals surface area contributed by atoms with E-state index in [1.165, 1.54) is 11.3 Å². The number of amides is 1. The summed E-state index contributed by atoms with van der Waals surface area (Å²) in [6, 6.07) is 6.04. The summed E-state index contributed by atoms with van der Waals surface area (Å²) in [5, 5.41) is 1.92. The minimum atomic E-state index is -0.337. The van der Waals surface area contributed by atoms with Gasteiger partial charge in [-0.3, -0.25) is 4.79 Å². The minimum Gasteiger partial charge on any atom is -0.350 e. The number of hydroxylamine groups is 1. The lowest BCUT2D eigenvalue weighted by molar-refractivity contribution is -0.186. The van der Waals surface area contributed by atoms with Crippen LogP contribution in [0.15, 0.2) is 23.6 Å². The minimum absolute atomic E-state index is 0.230. The van der Waals surface area contributed by atoms with Crippen molar-refractivity contribution in [2.24, 2.45) is 0 Å². The second-order valence-electron chi connectivity index (χ2n) is 5.43. The zero-order chi connectivity index (χ0) is 15.5. The number of ether oxygens (including phenoxy) is 1. The van der Waals surface area contributed by atoms with Crippen LogP contribution in [0.3, 0.4) is 0 Å². The third-order valence-corrected chi connectivity index (χ3v) is 4.69. The maximum atomic E-state index is 12.4. The SMILES string of the molecule is Cc1ccc(C)n1-c1ccsc1C(=O)NO[C@@H]1CCCCO1. The third-order valence-electron chi connectivity index (χ3n) is 3.78. The molecule has 1 amide bonds. The molecule has 6 heteroatoms. The zero-order valence-electron chi connectivity index (χ0n) is 12.8. The van der Waals surface area contributed by atoms with Crippen molar-refractivity contribution >= 4 is 17.2 Å². The van der Waals surface area contributed by atoms with Crippen LogP contribution in [0.4, 0.5) is 0 Å². The lowest BCUT2D eigenvalue weighted by Gasteiger charge is -2.22. The Morgan fingerprint density at radius 2 is 2.09 bits per heavy atom. The van der Waals surface area contributed by atoms with Gasteiger partial charge in [-0.1, -0.05) is 0 Å².